The van der Waals surface area contributed by atoms with Crippen LogP contribution < -0.4 is 11.1 Å². The van der Waals surface area contributed by atoms with Crippen LogP contribution in [0.25, 0.3) is 0 Å². The Morgan fingerprint density at radius 3 is 2.60 bits per heavy atom. The minimum absolute atomic E-state index is 0.264. The van der Waals surface area contributed by atoms with Crippen molar-refractivity contribution in [2.45, 2.75) is 12.6 Å². The van der Waals surface area contributed by atoms with Crippen molar-refractivity contribution in [3.05, 3.63) is 5.69 Å². The fraction of sp³-hybridized carbons (Fsp3) is 0.500. The maximum Gasteiger partial charge on any atom is 0.390 e. The van der Waals surface area contributed by atoms with Gasteiger partial charge in [0.1, 0.15) is 0 Å². The van der Waals surface area contributed by atoms with E-state index in [1.165, 1.54) is 0 Å². The molecular formula is C6H7F3N4O2. The molecule has 0 unspecified atom stereocenters. The number of nitrogen functional groups attached to an aromatic ring is 1. The molecule has 15 heavy (non-hydrogen) atoms. The van der Waals surface area contributed by atoms with E-state index in [1.54, 1.807) is 0 Å². The van der Waals surface area contributed by atoms with Gasteiger partial charge in [0.15, 0.2) is 0 Å². The first kappa shape index (κ1) is 11.3. The fourth-order valence-corrected chi connectivity index (χ4v) is 0.754. The molecule has 0 aliphatic heterocycles. The number of amides is 1. The molecule has 0 spiro atoms. The quantitative estimate of drug-likeness (QED) is 0.771. The standard InChI is InChI=1S/C6H7F3N4O2/c7-6(8,9)1-2-11-5(14)3-4(10)13-15-12-3/h1-2H2,(H2,10,13)(H,11,14). The number of hydrogen-bond acceptors (Lipinski definition) is 5. The van der Waals surface area contributed by atoms with Crippen molar-refractivity contribution in [2.75, 3.05) is 12.3 Å². The Kier molecular flexibility index (Phi) is 3.12. The molecule has 0 fully saturated rings. The molecule has 0 atom stereocenters. The number of rotatable bonds is 3. The third-order valence-corrected chi connectivity index (χ3v) is 1.42. The van der Waals surface area contributed by atoms with Gasteiger partial charge in [0.2, 0.25) is 11.5 Å². The van der Waals surface area contributed by atoms with Crippen molar-refractivity contribution in [3.63, 3.8) is 0 Å². The van der Waals surface area contributed by atoms with Gasteiger partial charge in [-0.25, -0.2) is 4.63 Å². The number of halogens is 3. The van der Waals surface area contributed by atoms with Gasteiger partial charge in [-0.15, -0.1) is 0 Å². The minimum Gasteiger partial charge on any atom is -0.379 e. The minimum atomic E-state index is -4.32. The maximum atomic E-state index is 11.7. The summed E-state index contributed by atoms with van der Waals surface area (Å²) >= 11 is 0. The van der Waals surface area contributed by atoms with E-state index in [1.807, 2.05) is 5.32 Å². The van der Waals surface area contributed by atoms with E-state index in [0.29, 0.717) is 0 Å². The smallest absolute Gasteiger partial charge is 0.379 e. The summed E-state index contributed by atoms with van der Waals surface area (Å²) in [5, 5.41) is 8.21. The van der Waals surface area contributed by atoms with E-state index >= 15 is 0 Å². The Balaban J connectivity index is 2.41. The van der Waals surface area contributed by atoms with Crippen LogP contribution in [-0.2, 0) is 0 Å². The largest absolute Gasteiger partial charge is 0.390 e. The molecule has 0 aliphatic carbocycles. The van der Waals surface area contributed by atoms with Gasteiger partial charge in [-0.2, -0.15) is 13.2 Å². The fourth-order valence-electron chi connectivity index (χ4n) is 0.754. The van der Waals surface area contributed by atoms with Gasteiger partial charge in [-0.05, 0) is 10.3 Å². The molecule has 1 amide bonds. The van der Waals surface area contributed by atoms with Crippen molar-refractivity contribution in [1.29, 1.82) is 0 Å². The highest BCUT2D eigenvalue weighted by Crippen LogP contribution is 2.18. The molecule has 1 aromatic heterocycles. The molecule has 0 bridgehead atoms. The number of anilines is 1. The predicted molar refractivity (Wildman–Crippen MR) is 41.7 cm³/mol. The van der Waals surface area contributed by atoms with Crippen LogP contribution in [0.1, 0.15) is 16.9 Å². The number of alkyl halides is 3. The van der Waals surface area contributed by atoms with E-state index in [0.717, 1.165) is 0 Å². The first-order valence-corrected chi connectivity index (χ1v) is 3.83. The van der Waals surface area contributed by atoms with Crippen molar-refractivity contribution < 1.29 is 22.6 Å². The first-order valence-electron chi connectivity index (χ1n) is 3.83. The van der Waals surface area contributed by atoms with Gasteiger partial charge >= 0.3 is 6.18 Å². The molecule has 1 heterocycles. The highest BCUT2D eigenvalue weighted by Gasteiger charge is 2.27. The van der Waals surface area contributed by atoms with Gasteiger partial charge in [-0.3, -0.25) is 4.79 Å². The summed E-state index contributed by atoms with van der Waals surface area (Å²) in [4.78, 5) is 11.1. The Morgan fingerprint density at radius 2 is 2.13 bits per heavy atom. The van der Waals surface area contributed by atoms with Crippen LogP contribution in [-0.4, -0.2) is 28.9 Å². The van der Waals surface area contributed by atoms with Crippen LogP contribution in [0.15, 0.2) is 4.63 Å². The molecule has 3 N–H and O–H groups in total. The lowest BCUT2D eigenvalue weighted by Gasteiger charge is -2.06. The lowest BCUT2D eigenvalue weighted by Crippen LogP contribution is -2.28. The monoisotopic (exact) mass is 224 g/mol. The predicted octanol–water partition coefficient (Wildman–Crippen LogP) is 0.334. The Bertz CT molecular complexity index is 348. The molecule has 6 nitrogen and oxygen atoms in total. The molecule has 9 heteroatoms. The second-order valence-electron chi connectivity index (χ2n) is 2.62. The normalized spacial score (nSPS) is 11.4. The third kappa shape index (κ3) is 3.44. The number of carbonyl (C=O) groups excluding carboxylic acids is 1. The lowest BCUT2D eigenvalue weighted by molar-refractivity contribution is -0.132. The zero-order valence-corrected chi connectivity index (χ0v) is 7.34. The van der Waals surface area contributed by atoms with Gasteiger partial charge in [0.05, 0.1) is 6.42 Å². The van der Waals surface area contributed by atoms with Crippen molar-refractivity contribution in [3.8, 4) is 0 Å². The highest BCUT2D eigenvalue weighted by atomic mass is 19.4. The van der Waals surface area contributed by atoms with Crippen LogP contribution in [0.3, 0.4) is 0 Å². The van der Waals surface area contributed by atoms with Gasteiger partial charge < -0.3 is 11.1 Å². The number of aromatic nitrogens is 2. The molecule has 0 radical (unpaired) electrons. The molecule has 84 valence electrons. The second-order valence-corrected chi connectivity index (χ2v) is 2.62. The number of nitrogens with one attached hydrogen (secondary N) is 1. The second kappa shape index (κ2) is 4.15. The Morgan fingerprint density at radius 1 is 1.47 bits per heavy atom. The van der Waals surface area contributed by atoms with Crippen LogP contribution in [0.2, 0.25) is 0 Å². The summed E-state index contributed by atoms with van der Waals surface area (Å²) in [6.45, 7) is -0.547. The zero-order chi connectivity index (χ0) is 11.5. The van der Waals surface area contributed by atoms with E-state index in [9.17, 15) is 18.0 Å². The number of nitrogens with zero attached hydrogens (tertiary/aromatic N) is 2. The van der Waals surface area contributed by atoms with Crippen LogP contribution >= 0.6 is 0 Å². The third-order valence-electron chi connectivity index (χ3n) is 1.42. The van der Waals surface area contributed by atoms with Crippen molar-refractivity contribution in [1.82, 2.24) is 15.6 Å². The number of hydrogen-bond donors (Lipinski definition) is 2. The van der Waals surface area contributed by atoms with Gasteiger partial charge in [0, 0.05) is 6.54 Å². The first-order chi connectivity index (χ1) is 6.90. The molecule has 0 saturated carbocycles. The van der Waals surface area contributed by atoms with E-state index < -0.39 is 25.0 Å². The molecular weight excluding hydrogens is 217 g/mol. The van der Waals surface area contributed by atoms with E-state index in [-0.39, 0.29) is 11.5 Å². The summed E-state index contributed by atoms with van der Waals surface area (Å²) in [5.74, 6) is -1.11. The average Bonchev–Trinajstić information content (AvgIpc) is 2.48. The zero-order valence-electron chi connectivity index (χ0n) is 7.34. The summed E-state index contributed by atoms with van der Waals surface area (Å²) in [5.41, 5.74) is 4.83. The van der Waals surface area contributed by atoms with Crippen LogP contribution in [0.4, 0.5) is 19.0 Å². The molecule has 1 rings (SSSR count). The summed E-state index contributed by atoms with van der Waals surface area (Å²) < 4.78 is 39.2. The summed E-state index contributed by atoms with van der Waals surface area (Å²) in [6, 6.07) is 0. The SMILES string of the molecule is Nc1nonc1C(=O)NCCC(F)(F)F. The maximum absolute atomic E-state index is 11.7. The van der Waals surface area contributed by atoms with Crippen molar-refractivity contribution >= 4 is 11.7 Å². The summed E-state index contributed by atoms with van der Waals surface area (Å²) in [7, 11) is 0. The van der Waals surface area contributed by atoms with E-state index in [4.69, 9.17) is 5.73 Å². The lowest BCUT2D eigenvalue weighted by atomic mass is 10.3. The molecule has 0 aliphatic rings. The topological polar surface area (TPSA) is 94.0 Å². The van der Waals surface area contributed by atoms with E-state index in [2.05, 4.69) is 14.9 Å². The highest BCUT2D eigenvalue weighted by molar-refractivity contribution is 5.95. The molecule has 0 aromatic carbocycles. The van der Waals surface area contributed by atoms with Crippen LogP contribution in [0.5, 0.6) is 0 Å². The number of carbonyl (C=O) groups is 1. The van der Waals surface area contributed by atoms with Crippen molar-refractivity contribution in [2.24, 2.45) is 0 Å². The average molecular weight is 224 g/mol. The Labute approximate surface area is 81.6 Å². The van der Waals surface area contributed by atoms with Gasteiger partial charge in [0.25, 0.3) is 5.91 Å². The Hall–Kier alpha value is -1.80. The van der Waals surface area contributed by atoms with Gasteiger partial charge in [-0.1, -0.05) is 0 Å². The molecule has 1 aromatic rings. The summed E-state index contributed by atoms with van der Waals surface area (Å²) in [6.07, 6.45) is -5.44. The van der Waals surface area contributed by atoms with Crippen LogP contribution in [0, 0.1) is 0 Å². The number of nitrogens with two attached hydrogens (primary N) is 1. The molecule has 0 saturated heterocycles.